The molecule has 0 aliphatic rings. The molecule has 2 rings (SSSR count). The number of phenols is 2. The second-order valence-corrected chi connectivity index (χ2v) is 5.86. The van der Waals surface area contributed by atoms with Crippen LogP contribution in [0.15, 0.2) is 48.6 Å². The van der Waals surface area contributed by atoms with Crippen molar-refractivity contribution in [1.82, 2.24) is 0 Å². The molecule has 0 aromatic heterocycles. The fraction of sp³-hybridized carbons (Fsp3) is 0.182. The molecule has 0 heterocycles. The average molecular weight is 414 g/mol. The predicted molar refractivity (Wildman–Crippen MR) is 109 cm³/mol. The van der Waals surface area contributed by atoms with Crippen molar-refractivity contribution < 1.29 is 38.7 Å². The van der Waals surface area contributed by atoms with Crippen LogP contribution in [-0.4, -0.2) is 49.6 Å². The van der Waals surface area contributed by atoms with E-state index < -0.39 is 11.9 Å². The van der Waals surface area contributed by atoms with Crippen molar-refractivity contribution in [1.29, 1.82) is 0 Å². The largest absolute Gasteiger partial charge is 0.504 e. The van der Waals surface area contributed by atoms with Crippen molar-refractivity contribution >= 4 is 24.1 Å². The van der Waals surface area contributed by atoms with Crippen molar-refractivity contribution in [2.24, 2.45) is 0 Å². The first-order valence-electron chi connectivity index (χ1n) is 8.86. The SMILES string of the molecule is COc1cc(/C=C/C(=O)OCCOC(=O)/C=C/c2ccc(O)c(OC)c2)ccc1O. The van der Waals surface area contributed by atoms with Crippen LogP contribution in [0.4, 0.5) is 0 Å². The van der Waals surface area contributed by atoms with Gasteiger partial charge in [0.05, 0.1) is 14.2 Å². The summed E-state index contributed by atoms with van der Waals surface area (Å²) in [4.78, 5) is 23.4. The first kappa shape index (κ1) is 22.4. The smallest absolute Gasteiger partial charge is 0.330 e. The predicted octanol–water partition coefficient (Wildman–Crippen LogP) is 2.93. The van der Waals surface area contributed by atoms with Gasteiger partial charge in [0, 0.05) is 12.2 Å². The Hall–Kier alpha value is -3.94. The molecule has 0 fully saturated rings. The first-order chi connectivity index (χ1) is 14.4. The first-order valence-corrected chi connectivity index (χ1v) is 8.86. The quantitative estimate of drug-likeness (QED) is 0.366. The second kappa shape index (κ2) is 11.2. The van der Waals surface area contributed by atoms with E-state index in [1.807, 2.05) is 0 Å². The molecule has 0 aliphatic heterocycles. The average Bonchev–Trinajstić information content (AvgIpc) is 2.75. The Morgan fingerprint density at radius 2 is 1.17 bits per heavy atom. The third kappa shape index (κ3) is 6.90. The van der Waals surface area contributed by atoms with E-state index in [0.717, 1.165) is 0 Å². The number of methoxy groups -OCH3 is 2. The van der Waals surface area contributed by atoms with Crippen molar-refractivity contribution in [3.63, 3.8) is 0 Å². The zero-order valence-electron chi connectivity index (χ0n) is 16.5. The van der Waals surface area contributed by atoms with Crippen molar-refractivity contribution in [2.45, 2.75) is 0 Å². The molecule has 2 aromatic rings. The lowest BCUT2D eigenvalue weighted by Gasteiger charge is -2.05. The molecular formula is C22H22O8. The van der Waals surface area contributed by atoms with Gasteiger partial charge in [-0.15, -0.1) is 0 Å². The van der Waals surface area contributed by atoms with Gasteiger partial charge in [-0.25, -0.2) is 9.59 Å². The van der Waals surface area contributed by atoms with E-state index in [4.69, 9.17) is 18.9 Å². The fourth-order valence-corrected chi connectivity index (χ4v) is 2.31. The Morgan fingerprint density at radius 1 is 0.767 bits per heavy atom. The normalized spacial score (nSPS) is 10.9. The summed E-state index contributed by atoms with van der Waals surface area (Å²) >= 11 is 0. The fourth-order valence-electron chi connectivity index (χ4n) is 2.31. The van der Waals surface area contributed by atoms with Gasteiger partial charge in [0.15, 0.2) is 23.0 Å². The molecule has 8 nitrogen and oxygen atoms in total. The van der Waals surface area contributed by atoms with E-state index in [9.17, 15) is 19.8 Å². The number of hydrogen-bond acceptors (Lipinski definition) is 8. The minimum atomic E-state index is -0.607. The Labute approximate surface area is 173 Å². The van der Waals surface area contributed by atoms with Crippen LogP contribution in [-0.2, 0) is 19.1 Å². The standard InChI is InChI=1S/C22H22O8/c1-27-19-13-15(3-7-17(19)23)5-9-21(25)29-11-12-30-22(26)10-6-16-4-8-18(24)20(14-16)28-2/h3-10,13-14,23-24H,11-12H2,1-2H3/b9-5+,10-6+. The van der Waals surface area contributed by atoms with Crippen LogP contribution in [0.1, 0.15) is 11.1 Å². The summed E-state index contributed by atoms with van der Waals surface area (Å²) in [5.74, 6) is -0.641. The molecule has 0 aliphatic carbocycles. The molecule has 2 N–H and O–H groups in total. The Balaban J connectivity index is 1.73. The third-order valence-electron chi connectivity index (χ3n) is 3.80. The lowest BCUT2D eigenvalue weighted by molar-refractivity contribution is -0.145. The van der Waals surface area contributed by atoms with Crippen LogP contribution in [0.3, 0.4) is 0 Å². The van der Waals surface area contributed by atoms with Gasteiger partial charge in [0.2, 0.25) is 0 Å². The highest BCUT2D eigenvalue weighted by Gasteiger charge is 2.04. The van der Waals surface area contributed by atoms with E-state index in [1.165, 1.54) is 50.7 Å². The lowest BCUT2D eigenvalue weighted by Crippen LogP contribution is -2.11. The number of benzene rings is 2. The van der Waals surface area contributed by atoms with E-state index in [2.05, 4.69) is 0 Å². The van der Waals surface area contributed by atoms with Crippen LogP contribution in [0, 0.1) is 0 Å². The summed E-state index contributed by atoms with van der Waals surface area (Å²) in [5, 5.41) is 19.1. The molecule has 0 unspecified atom stereocenters. The zero-order valence-corrected chi connectivity index (χ0v) is 16.5. The van der Waals surface area contributed by atoms with Crippen molar-refractivity contribution in [3.8, 4) is 23.0 Å². The van der Waals surface area contributed by atoms with Crippen LogP contribution in [0.25, 0.3) is 12.2 Å². The molecule has 0 amide bonds. The van der Waals surface area contributed by atoms with Gasteiger partial charge in [-0.1, -0.05) is 12.1 Å². The molecule has 0 spiro atoms. The highest BCUT2D eigenvalue weighted by Crippen LogP contribution is 2.27. The number of carbonyl (C=O) groups is 2. The summed E-state index contributed by atoms with van der Waals surface area (Å²) < 4.78 is 19.9. The highest BCUT2D eigenvalue weighted by molar-refractivity contribution is 5.88. The molecule has 8 heteroatoms. The molecule has 0 saturated heterocycles. The molecule has 2 aromatic carbocycles. The molecule has 0 atom stereocenters. The summed E-state index contributed by atoms with van der Waals surface area (Å²) in [7, 11) is 2.85. The van der Waals surface area contributed by atoms with Gasteiger partial charge in [0.1, 0.15) is 13.2 Å². The summed E-state index contributed by atoms with van der Waals surface area (Å²) in [6.07, 6.45) is 5.44. The maximum absolute atomic E-state index is 11.7. The number of carbonyl (C=O) groups excluding carboxylic acids is 2. The Bertz CT molecular complexity index is 869. The zero-order chi connectivity index (χ0) is 21.9. The van der Waals surface area contributed by atoms with Crippen LogP contribution in [0.2, 0.25) is 0 Å². The topological polar surface area (TPSA) is 112 Å². The summed E-state index contributed by atoms with van der Waals surface area (Å²) in [6, 6.07) is 9.25. The number of ether oxygens (including phenoxy) is 4. The second-order valence-electron chi connectivity index (χ2n) is 5.86. The maximum atomic E-state index is 11.7. The Kier molecular flexibility index (Phi) is 8.31. The number of phenolic OH excluding ortho intramolecular Hbond substituents is 2. The molecule has 0 bridgehead atoms. The molecule has 30 heavy (non-hydrogen) atoms. The van der Waals surface area contributed by atoms with E-state index in [0.29, 0.717) is 11.1 Å². The van der Waals surface area contributed by atoms with Gasteiger partial charge in [-0.05, 0) is 47.5 Å². The number of esters is 2. The third-order valence-corrected chi connectivity index (χ3v) is 3.80. The maximum Gasteiger partial charge on any atom is 0.330 e. The van der Waals surface area contributed by atoms with Crippen LogP contribution in [0.5, 0.6) is 23.0 Å². The van der Waals surface area contributed by atoms with Gasteiger partial charge in [-0.2, -0.15) is 0 Å². The minimum Gasteiger partial charge on any atom is -0.504 e. The number of rotatable bonds is 9. The summed E-state index contributed by atoms with van der Waals surface area (Å²) in [6.45, 7) is -0.205. The summed E-state index contributed by atoms with van der Waals surface area (Å²) in [5.41, 5.74) is 1.29. The van der Waals surface area contributed by atoms with Gasteiger partial charge >= 0.3 is 11.9 Å². The van der Waals surface area contributed by atoms with Crippen LogP contribution < -0.4 is 9.47 Å². The molecular weight excluding hydrogens is 392 g/mol. The molecule has 0 saturated carbocycles. The molecule has 158 valence electrons. The monoisotopic (exact) mass is 414 g/mol. The highest BCUT2D eigenvalue weighted by atomic mass is 16.6. The Morgan fingerprint density at radius 3 is 1.53 bits per heavy atom. The van der Waals surface area contributed by atoms with Crippen LogP contribution >= 0.6 is 0 Å². The van der Waals surface area contributed by atoms with E-state index >= 15 is 0 Å². The van der Waals surface area contributed by atoms with Crippen molar-refractivity contribution in [3.05, 3.63) is 59.7 Å². The van der Waals surface area contributed by atoms with Gasteiger partial charge in [0.25, 0.3) is 0 Å². The van der Waals surface area contributed by atoms with Gasteiger partial charge < -0.3 is 29.2 Å². The number of aromatic hydroxyl groups is 2. The van der Waals surface area contributed by atoms with E-state index in [-0.39, 0.29) is 36.2 Å². The van der Waals surface area contributed by atoms with E-state index in [1.54, 1.807) is 24.3 Å². The van der Waals surface area contributed by atoms with Crippen molar-refractivity contribution in [2.75, 3.05) is 27.4 Å². The minimum absolute atomic E-state index is 0.00218. The van der Waals surface area contributed by atoms with Gasteiger partial charge in [-0.3, -0.25) is 0 Å². The molecule has 0 radical (unpaired) electrons. The number of hydrogen-bond donors (Lipinski definition) is 2. The lowest BCUT2D eigenvalue weighted by atomic mass is 10.2.